The maximum Gasteiger partial charge on any atom is 0.202 e. The second kappa shape index (κ2) is 8.34. The average molecular weight is 382 g/mol. The van der Waals surface area contributed by atoms with Gasteiger partial charge in [0.05, 0.1) is 11.3 Å². The Morgan fingerprint density at radius 2 is 2.27 bits per heavy atom. The van der Waals surface area contributed by atoms with E-state index < -0.39 is 15.7 Å². The number of aromatic nitrogens is 2. The standard InChI is InChI=1S/C13H15FN8O3S/c1-26(16,24)18-5-4-17-12-11(21-25-22-12)13(20-23)19-9-2-3-10(14)8(6-9)7-15/h2-3,6,23H,4-5H2,1H3,(H,17,22)(H,19,20)(H2,16,18,24). The zero-order chi connectivity index (χ0) is 19.2. The first-order valence-corrected chi connectivity index (χ1v) is 9.04. The third-order valence-electron chi connectivity index (χ3n) is 2.92. The number of nitrogens with zero attached hydrogens (tertiary/aromatic N) is 4. The van der Waals surface area contributed by atoms with Gasteiger partial charge in [0, 0.05) is 19.3 Å². The van der Waals surface area contributed by atoms with Crippen LogP contribution in [0.25, 0.3) is 0 Å². The number of nitrogens with one attached hydrogen (secondary N) is 4. The number of hydrogen-bond acceptors (Lipinski definition) is 9. The number of rotatable bonds is 7. The molecule has 2 aromatic rings. The summed E-state index contributed by atoms with van der Waals surface area (Å²) in [5.74, 6) is -0.718. The molecule has 0 amide bonds. The van der Waals surface area contributed by atoms with Crippen LogP contribution in [0, 0.1) is 21.9 Å². The van der Waals surface area contributed by atoms with Crippen molar-refractivity contribution in [1.82, 2.24) is 20.5 Å². The monoisotopic (exact) mass is 382 g/mol. The highest BCUT2D eigenvalue weighted by Gasteiger charge is 2.16. The summed E-state index contributed by atoms with van der Waals surface area (Å²) in [5.41, 5.74) is 1.85. The molecular formula is C13H15FN8O3S. The Balaban J connectivity index is 2.18. The fourth-order valence-electron chi connectivity index (χ4n) is 1.82. The zero-order valence-electron chi connectivity index (χ0n) is 13.5. The van der Waals surface area contributed by atoms with Crippen LogP contribution in [0.4, 0.5) is 15.9 Å². The molecule has 1 aromatic heterocycles. The van der Waals surface area contributed by atoms with Gasteiger partial charge in [0.2, 0.25) is 5.82 Å². The first-order chi connectivity index (χ1) is 12.3. The van der Waals surface area contributed by atoms with Gasteiger partial charge >= 0.3 is 0 Å². The van der Waals surface area contributed by atoms with Crippen molar-refractivity contribution in [2.45, 2.75) is 0 Å². The highest BCUT2D eigenvalue weighted by Crippen LogP contribution is 2.19. The third kappa shape index (κ3) is 5.21. The van der Waals surface area contributed by atoms with Crippen molar-refractivity contribution in [1.29, 1.82) is 10.0 Å². The normalized spacial score (nSPS) is 13.7. The van der Waals surface area contributed by atoms with Crippen molar-refractivity contribution in [3.05, 3.63) is 35.3 Å². The van der Waals surface area contributed by atoms with Gasteiger partial charge < -0.3 is 5.32 Å². The fraction of sp³-hybridized carbons (Fsp3) is 0.231. The number of anilines is 1. The molecule has 0 fully saturated rings. The summed E-state index contributed by atoms with van der Waals surface area (Å²) in [5, 5.41) is 28.2. The van der Waals surface area contributed by atoms with Crippen LogP contribution in [-0.4, -0.2) is 44.9 Å². The number of nitriles is 1. The van der Waals surface area contributed by atoms with Gasteiger partial charge in [0.25, 0.3) is 0 Å². The Kier molecular flexibility index (Phi) is 6.17. The Morgan fingerprint density at radius 1 is 1.50 bits per heavy atom. The van der Waals surface area contributed by atoms with Crippen LogP contribution in [-0.2, 0) is 9.92 Å². The zero-order valence-corrected chi connectivity index (χ0v) is 14.3. The molecule has 0 saturated carbocycles. The van der Waals surface area contributed by atoms with Crippen LogP contribution in [0.3, 0.4) is 0 Å². The molecule has 1 atom stereocenters. The van der Waals surface area contributed by atoms with Gasteiger partial charge in [-0.05, 0) is 28.5 Å². The lowest BCUT2D eigenvalue weighted by Gasteiger charge is -2.07. The summed E-state index contributed by atoms with van der Waals surface area (Å²) >= 11 is 0. The molecule has 11 nitrogen and oxygen atoms in total. The van der Waals surface area contributed by atoms with E-state index in [1.165, 1.54) is 18.4 Å². The molecule has 1 unspecified atom stereocenters. The number of hydroxylamine groups is 1. The highest BCUT2D eigenvalue weighted by atomic mass is 32.2. The van der Waals surface area contributed by atoms with E-state index in [-0.39, 0.29) is 41.7 Å². The minimum absolute atomic E-state index is 0.0263. The maximum absolute atomic E-state index is 13.4. The summed E-state index contributed by atoms with van der Waals surface area (Å²) in [4.78, 5) is 4.04. The minimum atomic E-state index is -2.83. The molecule has 138 valence electrons. The van der Waals surface area contributed by atoms with Crippen LogP contribution >= 0.6 is 0 Å². The number of amidine groups is 1. The van der Waals surface area contributed by atoms with Gasteiger partial charge in [-0.25, -0.2) is 27.7 Å². The topological polar surface area (TPSA) is 172 Å². The molecule has 13 heteroatoms. The van der Waals surface area contributed by atoms with Crippen molar-refractivity contribution in [2.24, 2.45) is 4.99 Å². The molecule has 1 heterocycles. The van der Waals surface area contributed by atoms with E-state index in [0.29, 0.717) is 0 Å². The Hall–Kier alpha value is -3.08. The summed E-state index contributed by atoms with van der Waals surface area (Å²) in [6, 6.07) is 5.27. The second-order valence-electron chi connectivity index (χ2n) is 4.97. The van der Waals surface area contributed by atoms with Crippen molar-refractivity contribution in [2.75, 3.05) is 24.7 Å². The predicted octanol–water partition coefficient (Wildman–Crippen LogP) is 0.731. The van der Waals surface area contributed by atoms with Gasteiger partial charge in [-0.2, -0.15) is 5.26 Å². The largest absolute Gasteiger partial charge is 0.364 e. The molecule has 0 aliphatic carbocycles. The van der Waals surface area contributed by atoms with E-state index in [1.54, 1.807) is 6.07 Å². The predicted molar refractivity (Wildman–Crippen MR) is 89.8 cm³/mol. The van der Waals surface area contributed by atoms with E-state index in [0.717, 1.165) is 6.07 Å². The molecule has 0 radical (unpaired) electrons. The summed E-state index contributed by atoms with van der Waals surface area (Å²) in [6.45, 7) is 0.437. The van der Waals surface area contributed by atoms with Gasteiger partial charge in [-0.3, -0.25) is 10.7 Å². The molecular weight excluding hydrogens is 367 g/mol. The fourth-order valence-corrected chi connectivity index (χ4v) is 2.31. The van der Waals surface area contributed by atoms with Crippen LogP contribution in [0.1, 0.15) is 11.3 Å². The molecule has 0 bridgehead atoms. The molecule has 0 aliphatic heterocycles. The number of halogens is 1. The lowest BCUT2D eigenvalue weighted by atomic mass is 10.2. The average Bonchev–Trinajstić information content (AvgIpc) is 3.05. The van der Waals surface area contributed by atoms with Gasteiger partial charge in [0.15, 0.2) is 11.5 Å². The lowest BCUT2D eigenvalue weighted by molar-refractivity contribution is 0.234. The molecule has 0 saturated heterocycles. The first kappa shape index (κ1) is 19.2. The minimum Gasteiger partial charge on any atom is -0.364 e. The van der Waals surface area contributed by atoms with Gasteiger partial charge in [-0.15, -0.1) is 0 Å². The number of hydrogen-bond donors (Lipinski definition) is 5. The summed E-state index contributed by atoms with van der Waals surface area (Å²) in [6.07, 6.45) is 1.24. The first-order valence-electron chi connectivity index (χ1n) is 7.07. The quantitative estimate of drug-likeness (QED) is 0.202. The lowest BCUT2D eigenvalue weighted by Crippen LogP contribution is -2.28. The van der Waals surface area contributed by atoms with E-state index in [4.69, 9.17) is 10.0 Å². The van der Waals surface area contributed by atoms with E-state index >= 15 is 0 Å². The Labute approximate surface area is 148 Å². The molecule has 0 spiro atoms. The van der Waals surface area contributed by atoms with Crippen molar-refractivity contribution in [3.8, 4) is 6.07 Å². The Bertz CT molecular complexity index is 951. The Morgan fingerprint density at radius 3 is 2.92 bits per heavy atom. The van der Waals surface area contributed by atoms with Crippen LogP contribution in [0.15, 0.2) is 27.8 Å². The van der Waals surface area contributed by atoms with Crippen molar-refractivity contribution in [3.63, 3.8) is 0 Å². The maximum atomic E-state index is 13.4. The van der Waals surface area contributed by atoms with Crippen LogP contribution in [0.2, 0.25) is 0 Å². The number of benzene rings is 1. The third-order valence-corrected chi connectivity index (χ3v) is 3.68. The summed E-state index contributed by atoms with van der Waals surface area (Å²) < 4.78 is 38.9. The SMILES string of the molecule is CS(=N)(=O)NCCNc1nonc1C(=Nc1ccc(F)c(C#N)c1)NO. The summed E-state index contributed by atoms with van der Waals surface area (Å²) in [7, 11) is -2.83. The van der Waals surface area contributed by atoms with Crippen LogP contribution < -0.4 is 15.5 Å². The highest BCUT2D eigenvalue weighted by molar-refractivity contribution is 7.89. The van der Waals surface area contributed by atoms with E-state index in [2.05, 4.69) is 30.0 Å². The molecule has 2 rings (SSSR count). The number of aliphatic imine (C=N–C) groups is 1. The van der Waals surface area contributed by atoms with E-state index in [9.17, 15) is 13.8 Å². The van der Waals surface area contributed by atoms with E-state index in [1.807, 2.05) is 5.48 Å². The molecule has 5 N–H and O–H groups in total. The second-order valence-corrected chi connectivity index (χ2v) is 6.95. The molecule has 0 aliphatic rings. The van der Waals surface area contributed by atoms with Gasteiger partial charge in [0.1, 0.15) is 21.8 Å². The van der Waals surface area contributed by atoms with Crippen molar-refractivity contribution >= 4 is 27.3 Å². The molecule has 1 aromatic carbocycles. The molecule has 26 heavy (non-hydrogen) atoms. The van der Waals surface area contributed by atoms with Crippen LogP contribution in [0.5, 0.6) is 0 Å². The van der Waals surface area contributed by atoms with Gasteiger partial charge in [-0.1, -0.05) is 0 Å². The smallest absolute Gasteiger partial charge is 0.202 e. The van der Waals surface area contributed by atoms with Crippen molar-refractivity contribution < 1.29 is 18.4 Å².